The molecule has 2 heterocycles. The summed E-state index contributed by atoms with van der Waals surface area (Å²) in [4.78, 5) is 11.8. The molecular weight excluding hydrogens is 302 g/mol. The molecule has 0 saturated carbocycles. The van der Waals surface area contributed by atoms with Crippen LogP contribution in [0.15, 0.2) is 10.3 Å². The minimum atomic E-state index is -3.72. The van der Waals surface area contributed by atoms with Gasteiger partial charge in [0.2, 0.25) is 10.0 Å². The van der Waals surface area contributed by atoms with Gasteiger partial charge in [-0.05, 0) is 30.2 Å². The van der Waals surface area contributed by atoms with Crippen molar-refractivity contribution in [2.45, 2.75) is 18.2 Å². The Morgan fingerprint density at radius 3 is 2.85 bits per heavy atom. The lowest BCUT2D eigenvalue weighted by Gasteiger charge is -2.17. The predicted molar refractivity (Wildman–Crippen MR) is 74.3 cm³/mol. The number of sulfonamides is 1. The molecule has 0 radical (unpaired) electrons. The lowest BCUT2D eigenvalue weighted by atomic mass is 10.1. The Labute approximate surface area is 122 Å². The molecule has 1 N–H and O–H groups in total. The van der Waals surface area contributed by atoms with Gasteiger partial charge in [0.1, 0.15) is 9.77 Å². The molecule has 0 spiro atoms. The summed E-state index contributed by atoms with van der Waals surface area (Å²) < 4.78 is 31.3. The number of ether oxygens (including phenoxy) is 1. The number of hydrogen-bond donors (Lipinski definition) is 1. The van der Waals surface area contributed by atoms with Gasteiger partial charge in [-0.25, -0.2) is 13.2 Å². The molecule has 1 aromatic heterocycles. The lowest BCUT2D eigenvalue weighted by Crippen LogP contribution is -2.30. The molecule has 1 unspecified atom stereocenters. The SMILES string of the molecule is COC(=O)c1scc(C)c1S(=O)(=O)N1CCC(CO)C1. The molecule has 1 aliphatic heterocycles. The highest BCUT2D eigenvalue weighted by molar-refractivity contribution is 7.89. The van der Waals surface area contributed by atoms with Crippen molar-refractivity contribution < 1.29 is 23.1 Å². The van der Waals surface area contributed by atoms with Gasteiger partial charge < -0.3 is 9.84 Å². The second kappa shape index (κ2) is 5.80. The number of methoxy groups -OCH3 is 1. The van der Waals surface area contributed by atoms with Crippen LogP contribution in [0.5, 0.6) is 0 Å². The maximum atomic E-state index is 12.7. The fourth-order valence-corrected chi connectivity index (χ4v) is 5.47. The van der Waals surface area contributed by atoms with Crippen LogP contribution in [-0.4, -0.2) is 50.6 Å². The number of aliphatic hydroxyl groups is 1. The van der Waals surface area contributed by atoms with E-state index >= 15 is 0 Å². The van der Waals surface area contributed by atoms with Crippen molar-refractivity contribution in [2.75, 3.05) is 26.8 Å². The number of thiophene rings is 1. The molecule has 0 amide bonds. The summed E-state index contributed by atoms with van der Waals surface area (Å²) in [6, 6.07) is 0. The third kappa shape index (κ3) is 2.60. The maximum Gasteiger partial charge on any atom is 0.349 e. The minimum absolute atomic E-state index is 0.0293. The Hall–Kier alpha value is -0.960. The number of carbonyl (C=O) groups is 1. The van der Waals surface area contributed by atoms with Crippen molar-refractivity contribution in [1.29, 1.82) is 0 Å². The van der Waals surface area contributed by atoms with Crippen LogP contribution in [0.3, 0.4) is 0 Å². The average molecular weight is 319 g/mol. The van der Waals surface area contributed by atoms with Crippen LogP contribution >= 0.6 is 11.3 Å². The van der Waals surface area contributed by atoms with Crippen molar-refractivity contribution in [2.24, 2.45) is 5.92 Å². The monoisotopic (exact) mass is 319 g/mol. The quantitative estimate of drug-likeness (QED) is 0.832. The van der Waals surface area contributed by atoms with Gasteiger partial charge in [0.25, 0.3) is 0 Å². The third-order valence-electron chi connectivity index (χ3n) is 3.39. The van der Waals surface area contributed by atoms with E-state index in [0.29, 0.717) is 18.5 Å². The van der Waals surface area contributed by atoms with Crippen LogP contribution in [0.2, 0.25) is 0 Å². The zero-order valence-electron chi connectivity index (χ0n) is 11.3. The van der Waals surface area contributed by atoms with E-state index < -0.39 is 16.0 Å². The number of rotatable bonds is 4. The van der Waals surface area contributed by atoms with E-state index in [9.17, 15) is 13.2 Å². The molecule has 1 aliphatic rings. The standard InChI is InChI=1S/C12H17NO5S2/c1-8-7-19-10(12(15)18-2)11(8)20(16,17)13-4-3-9(5-13)6-14/h7,9,14H,3-6H2,1-2H3. The molecule has 0 bridgehead atoms. The van der Waals surface area contributed by atoms with Crippen LogP contribution in [0, 0.1) is 12.8 Å². The van der Waals surface area contributed by atoms with Gasteiger partial charge >= 0.3 is 5.97 Å². The Morgan fingerprint density at radius 2 is 2.30 bits per heavy atom. The second-order valence-electron chi connectivity index (χ2n) is 4.77. The van der Waals surface area contributed by atoms with E-state index in [1.165, 1.54) is 11.4 Å². The molecule has 1 fully saturated rings. The summed E-state index contributed by atoms with van der Waals surface area (Å²) in [7, 11) is -2.50. The van der Waals surface area contributed by atoms with E-state index in [2.05, 4.69) is 4.74 Å². The highest BCUT2D eigenvalue weighted by Crippen LogP contribution is 2.32. The highest BCUT2D eigenvalue weighted by atomic mass is 32.2. The molecule has 0 aromatic carbocycles. The maximum absolute atomic E-state index is 12.7. The van der Waals surface area contributed by atoms with Gasteiger partial charge in [-0.1, -0.05) is 0 Å². The molecule has 8 heteroatoms. The van der Waals surface area contributed by atoms with Crippen molar-refractivity contribution in [3.8, 4) is 0 Å². The predicted octanol–water partition coefficient (Wildman–Crippen LogP) is 0.846. The summed E-state index contributed by atoms with van der Waals surface area (Å²) in [5.74, 6) is -0.676. The van der Waals surface area contributed by atoms with Gasteiger partial charge in [0.15, 0.2) is 0 Å². The summed E-state index contributed by atoms with van der Waals surface area (Å²) in [5.41, 5.74) is 0.544. The Kier molecular flexibility index (Phi) is 4.48. The fraction of sp³-hybridized carbons (Fsp3) is 0.583. The van der Waals surface area contributed by atoms with Gasteiger partial charge in [0, 0.05) is 19.7 Å². The van der Waals surface area contributed by atoms with E-state index in [1.807, 2.05) is 0 Å². The lowest BCUT2D eigenvalue weighted by molar-refractivity contribution is 0.0602. The van der Waals surface area contributed by atoms with Gasteiger partial charge in [-0.3, -0.25) is 0 Å². The van der Waals surface area contributed by atoms with Crippen LogP contribution in [0.25, 0.3) is 0 Å². The van der Waals surface area contributed by atoms with E-state index in [4.69, 9.17) is 5.11 Å². The number of aryl methyl sites for hydroxylation is 1. The number of aliphatic hydroxyl groups excluding tert-OH is 1. The van der Waals surface area contributed by atoms with Crippen molar-refractivity contribution in [3.63, 3.8) is 0 Å². The topological polar surface area (TPSA) is 83.9 Å². The van der Waals surface area contributed by atoms with Crippen LogP contribution < -0.4 is 0 Å². The average Bonchev–Trinajstić information content (AvgIpc) is 3.04. The first-order valence-electron chi connectivity index (χ1n) is 6.19. The van der Waals surface area contributed by atoms with E-state index in [1.54, 1.807) is 12.3 Å². The van der Waals surface area contributed by atoms with E-state index in [0.717, 1.165) is 11.3 Å². The first-order chi connectivity index (χ1) is 9.41. The Morgan fingerprint density at radius 1 is 1.60 bits per heavy atom. The number of carbonyl (C=O) groups excluding carboxylic acids is 1. The highest BCUT2D eigenvalue weighted by Gasteiger charge is 2.36. The third-order valence-corrected chi connectivity index (χ3v) is 6.65. The summed E-state index contributed by atoms with van der Waals surface area (Å²) >= 11 is 1.07. The van der Waals surface area contributed by atoms with Gasteiger partial charge in [0.05, 0.1) is 7.11 Å². The smallest absolute Gasteiger partial charge is 0.349 e. The Balaban J connectivity index is 2.40. The molecule has 20 heavy (non-hydrogen) atoms. The largest absolute Gasteiger partial charge is 0.465 e. The van der Waals surface area contributed by atoms with Crippen molar-refractivity contribution in [3.05, 3.63) is 15.8 Å². The number of hydrogen-bond acceptors (Lipinski definition) is 6. The Bertz CT molecular complexity index is 607. The molecule has 2 rings (SSSR count). The minimum Gasteiger partial charge on any atom is -0.465 e. The van der Waals surface area contributed by atoms with Crippen LogP contribution in [0.4, 0.5) is 0 Å². The normalized spacial score (nSPS) is 20.2. The van der Waals surface area contributed by atoms with Gasteiger partial charge in [-0.15, -0.1) is 11.3 Å². The zero-order chi connectivity index (χ0) is 14.9. The number of esters is 1. The molecule has 1 saturated heterocycles. The molecule has 112 valence electrons. The zero-order valence-corrected chi connectivity index (χ0v) is 13.0. The second-order valence-corrected chi connectivity index (χ2v) is 7.52. The molecule has 0 aliphatic carbocycles. The molecular formula is C12H17NO5S2. The van der Waals surface area contributed by atoms with Crippen molar-refractivity contribution in [1.82, 2.24) is 4.31 Å². The molecule has 6 nitrogen and oxygen atoms in total. The summed E-state index contributed by atoms with van der Waals surface area (Å²) in [6.45, 7) is 2.28. The van der Waals surface area contributed by atoms with E-state index in [-0.39, 0.29) is 28.8 Å². The first kappa shape index (κ1) is 15.4. The number of nitrogens with zero attached hydrogens (tertiary/aromatic N) is 1. The molecule has 1 aromatic rings. The van der Waals surface area contributed by atoms with Crippen LogP contribution in [-0.2, 0) is 14.8 Å². The van der Waals surface area contributed by atoms with Crippen LogP contribution in [0.1, 0.15) is 21.7 Å². The van der Waals surface area contributed by atoms with Gasteiger partial charge in [-0.2, -0.15) is 4.31 Å². The summed E-state index contributed by atoms with van der Waals surface area (Å²) in [6.07, 6.45) is 0.631. The van der Waals surface area contributed by atoms with Crippen molar-refractivity contribution >= 4 is 27.3 Å². The summed E-state index contributed by atoms with van der Waals surface area (Å²) in [5, 5.41) is 10.8. The first-order valence-corrected chi connectivity index (χ1v) is 8.51. The fourth-order valence-electron chi connectivity index (χ4n) is 2.28. The molecule has 1 atom stereocenters.